The lowest BCUT2D eigenvalue weighted by Crippen LogP contribution is -2.25. The van der Waals surface area contributed by atoms with Crippen molar-refractivity contribution in [1.29, 1.82) is 0 Å². The number of anilines is 2. The number of nitrogens with zero attached hydrogens (tertiary/aromatic N) is 3. The number of para-hydroxylation sites is 1. The molecule has 4 rings (SSSR count). The largest absolute Gasteiger partial charge is 0.273 e. The third-order valence-corrected chi connectivity index (χ3v) is 4.13. The maximum atomic E-state index is 13.0. The number of pyridine rings is 2. The number of rotatable bonds is 3. The minimum absolute atomic E-state index is 0.0710. The lowest BCUT2D eigenvalue weighted by molar-refractivity contribution is -0.118. The molecule has 112 valence electrons. The van der Waals surface area contributed by atoms with Crippen LogP contribution in [-0.2, 0) is 11.2 Å². The van der Waals surface area contributed by atoms with E-state index in [1.54, 1.807) is 23.5 Å². The highest BCUT2D eigenvalue weighted by Gasteiger charge is 2.38. The normalized spacial score (nSPS) is 16.4. The van der Waals surface area contributed by atoms with Crippen molar-refractivity contribution in [2.45, 2.75) is 12.3 Å². The number of amides is 1. The van der Waals surface area contributed by atoms with Gasteiger partial charge in [0.15, 0.2) is 0 Å². The highest BCUT2D eigenvalue weighted by molar-refractivity contribution is 6.09. The molecular formula is C19H15N3O. The maximum absolute atomic E-state index is 13.0. The molecule has 0 saturated carbocycles. The molecule has 2 aromatic heterocycles. The van der Waals surface area contributed by atoms with E-state index in [-0.39, 0.29) is 11.8 Å². The summed E-state index contributed by atoms with van der Waals surface area (Å²) in [6, 6.07) is 17.5. The summed E-state index contributed by atoms with van der Waals surface area (Å²) in [6.45, 7) is 0. The van der Waals surface area contributed by atoms with Gasteiger partial charge in [-0.05, 0) is 42.3 Å². The second-order valence-corrected chi connectivity index (χ2v) is 5.54. The first kappa shape index (κ1) is 13.6. The van der Waals surface area contributed by atoms with E-state index in [2.05, 4.69) is 9.97 Å². The van der Waals surface area contributed by atoms with Crippen molar-refractivity contribution in [3.8, 4) is 0 Å². The third kappa shape index (κ3) is 2.38. The van der Waals surface area contributed by atoms with E-state index >= 15 is 0 Å². The van der Waals surface area contributed by atoms with Crippen LogP contribution in [0.15, 0.2) is 73.2 Å². The Kier molecular flexibility index (Phi) is 3.35. The third-order valence-electron chi connectivity index (χ3n) is 4.13. The zero-order chi connectivity index (χ0) is 15.6. The van der Waals surface area contributed by atoms with Crippen LogP contribution in [0.25, 0.3) is 0 Å². The number of hydrogen-bond donors (Lipinski definition) is 0. The monoisotopic (exact) mass is 301 g/mol. The van der Waals surface area contributed by atoms with Crippen LogP contribution in [0.4, 0.5) is 11.5 Å². The molecule has 0 fully saturated rings. The smallest absolute Gasteiger partial charge is 0.240 e. The van der Waals surface area contributed by atoms with Gasteiger partial charge >= 0.3 is 0 Å². The van der Waals surface area contributed by atoms with E-state index < -0.39 is 0 Å². The van der Waals surface area contributed by atoms with Gasteiger partial charge in [0.2, 0.25) is 5.91 Å². The van der Waals surface area contributed by atoms with Crippen molar-refractivity contribution >= 4 is 17.4 Å². The van der Waals surface area contributed by atoms with Crippen LogP contribution in [-0.4, -0.2) is 15.9 Å². The number of fused-ring (bicyclic) bond motifs is 1. The van der Waals surface area contributed by atoms with Crippen LogP contribution in [0.2, 0.25) is 0 Å². The molecule has 0 saturated heterocycles. The van der Waals surface area contributed by atoms with Crippen molar-refractivity contribution in [2.24, 2.45) is 0 Å². The van der Waals surface area contributed by atoms with Crippen LogP contribution >= 0.6 is 0 Å². The van der Waals surface area contributed by atoms with Crippen LogP contribution in [0, 0.1) is 0 Å². The fraction of sp³-hybridized carbons (Fsp3) is 0.105. The first-order valence-corrected chi connectivity index (χ1v) is 7.57. The van der Waals surface area contributed by atoms with Gasteiger partial charge in [-0.3, -0.25) is 14.7 Å². The van der Waals surface area contributed by atoms with E-state index in [4.69, 9.17) is 0 Å². The van der Waals surface area contributed by atoms with Crippen molar-refractivity contribution in [3.05, 3.63) is 84.3 Å². The summed E-state index contributed by atoms with van der Waals surface area (Å²) in [5, 5.41) is 0. The molecule has 3 aromatic rings. The maximum Gasteiger partial charge on any atom is 0.240 e. The lowest BCUT2D eigenvalue weighted by Gasteiger charge is -2.17. The van der Waals surface area contributed by atoms with E-state index in [9.17, 15) is 4.79 Å². The predicted octanol–water partition coefficient (Wildman–Crippen LogP) is 3.48. The molecule has 0 N–H and O–H groups in total. The Morgan fingerprint density at radius 3 is 2.48 bits per heavy atom. The van der Waals surface area contributed by atoms with Gasteiger partial charge in [0.25, 0.3) is 0 Å². The van der Waals surface area contributed by atoms with E-state index in [1.165, 1.54) is 0 Å². The summed E-state index contributed by atoms with van der Waals surface area (Å²) in [5.74, 6) is 0.603. The van der Waals surface area contributed by atoms with Gasteiger partial charge in [-0.1, -0.05) is 24.3 Å². The van der Waals surface area contributed by atoms with Crippen LogP contribution in [0.3, 0.4) is 0 Å². The van der Waals surface area contributed by atoms with Gasteiger partial charge < -0.3 is 0 Å². The Bertz CT molecular complexity index is 834. The minimum atomic E-state index is -0.207. The molecule has 4 heteroatoms. The van der Waals surface area contributed by atoms with Gasteiger partial charge in [-0.2, -0.15) is 0 Å². The molecule has 0 aliphatic carbocycles. The lowest BCUT2D eigenvalue weighted by atomic mass is 9.95. The van der Waals surface area contributed by atoms with Crippen LogP contribution < -0.4 is 4.90 Å². The summed E-state index contributed by atoms with van der Waals surface area (Å²) in [5.41, 5.74) is 2.94. The Morgan fingerprint density at radius 2 is 1.70 bits per heavy atom. The molecule has 1 aromatic carbocycles. The average molecular weight is 301 g/mol. The molecule has 1 unspecified atom stereocenters. The van der Waals surface area contributed by atoms with E-state index in [1.807, 2.05) is 54.6 Å². The van der Waals surface area contributed by atoms with Gasteiger partial charge in [0.05, 0.1) is 11.6 Å². The Labute approximate surface area is 134 Å². The number of carbonyl (C=O) groups is 1. The fourth-order valence-corrected chi connectivity index (χ4v) is 3.04. The standard InChI is InChI=1S/C19H15N3O/c23-19-17(13-14-8-11-20-12-9-14)16-7-4-10-21-18(16)22(19)15-5-2-1-3-6-15/h1-12,17H,13H2. The number of aromatic nitrogens is 2. The second kappa shape index (κ2) is 5.65. The quantitative estimate of drug-likeness (QED) is 0.744. The average Bonchev–Trinajstić information content (AvgIpc) is 2.89. The SMILES string of the molecule is O=C1C(Cc2ccncc2)c2cccnc2N1c1ccccc1. The Hall–Kier alpha value is -3.01. The summed E-state index contributed by atoms with van der Waals surface area (Å²) < 4.78 is 0. The fourth-order valence-electron chi connectivity index (χ4n) is 3.04. The first-order valence-electron chi connectivity index (χ1n) is 7.57. The number of benzene rings is 1. The minimum Gasteiger partial charge on any atom is -0.273 e. The molecule has 23 heavy (non-hydrogen) atoms. The molecule has 0 radical (unpaired) electrons. The molecule has 3 heterocycles. The van der Waals surface area contributed by atoms with Crippen molar-refractivity contribution in [1.82, 2.24) is 9.97 Å². The molecule has 1 atom stereocenters. The van der Waals surface area contributed by atoms with Crippen molar-refractivity contribution < 1.29 is 4.79 Å². The number of carbonyl (C=O) groups excluding carboxylic acids is 1. The van der Waals surface area contributed by atoms with Gasteiger partial charge in [0.1, 0.15) is 5.82 Å². The highest BCUT2D eigenvalue weighted by atomic mass is 16.2. The van der Waals surface area contributed by atoms with E-state index in [0.29, 0.717) is 6.42 Å². The second-order valence-electron chi connectivity index (χ2n) is 5.54. The van der Waals surface area contributed by atoms with Crippen molar-refractivity contribution in [2.75, 3.05) is 4.90 Å². The Balaban J connectivity index is 1.76. The molecule has 0 bridgehead atoms. The molecular weight excluding hydrogens is 286 g/mol. The van der Waals surface area contributed by atoms with Gasteiger partial charge in [-0.25, -0.2) is 4.98 Å². The molecule has 1 aliphatic rings. The van der Waals surface area contributed by atoms with E-state index in [0.717, 1.165) is 22.6 Å². The van der Waals surface area contributed by atoms with Gasteiger partial charge in [-0.15, -0.1) is 0 Å². The van der Waals surface area contributed by atoms with Gasteiger partial charge in [0, 0.05) is 24.2 Å². The Morgan fingerprint density at radius 1 is 0.913 bits per heavy atom. The van der Waals surface area contributed by atoms with Crippen LogP contribution in [0.1, 0.15) is 17.0 Å². The van der Waals surface area contributed by atoms with Crippen LogP contribution in [0.5, 0.6) is 0 Å². The topological polar surface area (TPSA) is 46.1 Å². The summed E-state index contributed by atoms with van der Waals surface area (Å²) in [7, 11) is 0. The molecule has 0 spiro atoms. The number of hydrogen-bond acceptors (Lipinski definition) is 3. The molecule has 1 aliphatic heterocycles. The zero-order valence-electron chi connectivity index (χ0n) is 12.5. The first-order chi connectivity index (χ1) is 11.3. The molecule has 4 nitrogen and oxygen atoms in total. The highest BCUT2D eigenvalue weighted by Crippen LogP contribution is 2.41. The summed E-state index contributed by atoms with van der Waals surface area (Å²) in [4.78, 5) is 23.3. The predicted molar refractivity (Wildman–Crippen MR) is 88.5 cm³/mol. The summed E-state index contributed by atoms with van der Waals surface area (Å²) >= 11 is 0. The zero-order valence-corrected chi connectivity index (χ0v) is 12.5. The van der Waals surface area contributed by atoms with Crippen molar-refractivity contribution in [3.63, 3.8) is 0 Å². The summed E-state index contributed by atoms with van der Waals surface area (Å²) in [6.07, 6.45) is 5.90. The molecule has 1 amide bonds.